The predicted octanol–water partition coefficient (Wildman–Crippen LogP) is 3.50. The second-order valence-electron chi connectivity index (χ2n) is 6.25. The molecule has 0 radical (unpaired) electrons. The van der Waals surface area contributed by atoms with Gasteiger partial charge in [0.25, 0.3) is 5.91 Å². The summed E-state index contributed by atoms with van der Waals surface area (Å²) in [7, 11) is 1.83. The van der Waals surface area contributed by atoms with Gasteiger partial charge in [-0.15, -0.1) is 0 Å². The van der Waals surface area contributed by atoms with Gasteiger partial charge in [0.15, 0.2) is 0 Å². The van der Waals surface area contributed by atoms with Crippen molar-refractivity contribution in [2.45, 2.75) is 19.8 Å². The van der Waals surface area contributed by atoms with Crippen LogP contribution in [0, 0.1) is 6.92 Å². The first kappa shape index (κ1) is 16.4. The first-order valence-electron chi connectivity index (χ1n) is 8.46. The quantitative estimate of drug-likeness (QED) is 0.915. The lowest BCUT2D eigenvalue weighted by molar-refractivity contribution is 0.0772. The van der Waals surface area contributed by atoms with E-state index in [1.165, 1.54) is 5.56 Å². The summed E-state index contributed by atoms with van der Waals surface area (Å²) >= 11 is 0. The number of carbonyl (C=O) groups is 1. The lowest BCUT2D eigenvalue weighted by Crippen LogP contribution is -2.32. The molecule has 1 heterocycles. The van der Waals surface area contributed by atoms with E-state index in [0.717, 1.165) is 42.0 Å². The highest BCUT2D eigenvalue weighted by molar-refractivity contribution is 5.97. The van der Waals surface area contributed by atoms with Crippen molar-refractivity contribution < 1.29 is 9.53 Å². The number of hydrogen-bond acceptors (Lipinski definition) is 3. The molecule has 126 valence electrons. The molecular weight excluding hydrogens is 300 g/mol. The summed E-state index contributed by atoms with van der Waals surface area (Å²) in [5.41, 5.74) is 4.24. The summed E-state index contributed by atoms with van der Waals surface area (Å²) in [6.07, 6.45) is 2.02. The molecular formula is C20H24N2O2. The van der Waals surface area contributed by atoms with E-state index in [0.29, 0.717) is 13.2 Å². The van der Waals surface area contributed by atoms with Crippen LogP contribution in [0.2, 0.25) is 0 Å². The predicted molar refractivity (Wildman–Crippen MR) is 96.9 cm³/mol. The molecule has 1 aliphatic heterocycles. The number of fused-ring (bicyclic) bond motifs is 1. The van der Waals surface area contributed by atoms with Crippen LogP contribution in [0.1, 0.15) is 27.9 Å². The number of likely N-dealkylation sites (N-methyl/N-ethyl adjacent to an activating group) is 1. The van der Waals surface area contributed by atoms with E-state index in [4.69, 9.17) is 4.74 Å². The van der Waals surface area contributed by atoms with Gasteiger partial charge in [0.05, 0.1) is 6.54 Å². The fourth-order valence-corrected chi connectivity index (χ4v) is 2.95. The van der Waals surface area contributed by atoms with Crippen molar-refractivity contribution in [2.75, 3.05) is 32.1 Å². The minimum atomic E-state index is 0.0584. The summed E-state index contributed by atoms with van der Waals surface area (Å²) in [4.78, 5) is 14.5. The number of rotatable bonds is 5. The molecule has 0 spiro atoms. The Morgan fingerprint density at radius 2 is 2.00 bits per heavy atom. The van der Waals surface area contributed by atoms with Crippen molar-refractivity contribution in [3.63, 3.8) is 0 Å². The first-order valence-corrected chi connectivity index (χ1v) is 8.46. The summed E-state index contributed by atoms with van der Waals surface area (Å²) in [6, 6.07) is 13.9. The molecule has 4 nitrogen and oxygen atoms in total. The second kappa shape index (κ2) is 7.39. The summed E-state index contributed by atoms with van der Waals surface area (Å²) in [6.45, 7) is 4.07. The van der Waals surface area contributed by atoms with Crippen LogP contribution < -0.4 is 10.1 Å². The standard InChI is InChI=1S/C20H24N2O2/c1-15-8-10-16(11-9-15)24-14-13-22(2)20(23)18-5-3-7-19-17(18)6-4-12-21-19/h3,5,7-11,21H,4,6,12-14H2,1-2H3. The molecule has 0 unspecified atom stereocenters. The maximum absolute atomic E-state index is 12.7. The minimum Gasteiger partial charge on any atom is -0.492 e. The highest BCUT2D eigenvalue weighted by atomic mass is 16.5. The number of amides is 1. The smallest absolute Gasteiger partial charge is 0.254 e. The van der Waals surface area contributed by atoms with Crippen molar-refractivity contribution in [1.29, 1.82) is 0 Å². The number of carbonyl (C=O) groups excluding carboxylic acids is 1. The van der Waals surface area contributed by atoms with Crippen molar-refractivity contribution >= 4 is 11.6 Å². The van der Waals surface area contributed by atoms with E-state index < -0.39 is 0 Å². The average molecular weight is 324 g/mol. The minimum absolute atomic E-state index is 0.0584. The zero-order chi connectivity index (χ0) is 16.9. The van der Waals surface area contributed by atoms with E-state index in [1.54, 1.807) is 4.90 Å². The number of nitrogens with one attached hydrogen (secondary N) is 1. The number of benzene rings is 2. The molecule has 0 fully saturated rings. The summed E-state index contributed by atoms with van der Waals surface area (Å²) in [5, 5.41) is 3.37. The largest absolute Gasteiger partial charge is 0.492 e. The Morgan fingerprint density at radius 1 is 1.21 bits per heavy atom. The molecule has 0 bridgehead atoms. The van der Waals surface area contributed by atoms with Crippen LogP contribution in [-0.4, -0.2) is 37.6 Å². The Labute approximate surface area is 143 Å². The molecule has 0 aromatic heterocycles. The normalized spacial score (nSPS) is 12.9. The van der Waals surface area contributed by atoms with Crippen molar-refractivity contribution in [3.05, 3.63) is 59.2 Å². The zero-order valence-electron chi connectivity index (χ0n) is 14.3. The number of anilines is 1. The fraction of sp³-hybridized carbons (Fsp3) is 0.350. The maximum Gasteiger partial charge on any atom is 0.254 e. The number of ether oxygens (including phenoxy) is 1. The third kappa shape index (κ3) is 3.70. The van der Waals surface area contributed by atoms with Crippen LogP contribution in [0.15, 0.2) is 42.5 Å². The van der Waals surface area contributed by atoms with Crippen molar-refractivity contribution in [2.24, 2.45) is 0 Å². The number of nitrogens with zero attached hydrogens (tertiary/aromatic N) is 1. The lowest BCUT2D eigenvalue weighted by Gasteiger charge is -2.23. The van der Waals surface area contributed by atoms with Gasteiger partial charge in [-0.1, -0.05) is 23.8 Å². The molecule has 1 amide bonds. The van der Waals surface area contributed by atoms with Crippen LogP contribution in [0.25, 0.3) is 0 Å². The monoisotopic (exact) mass is 324 g/mol. The van der Waals surface area contributed by atoms with Crippen LogP contribution in [0.3, 0.4) is 0 Å². The van der Waals surface area contributed by atoms with Gasteiger partial charge < -0.3 is 15.0 Å². The fourth-order valence-electron chi connectivity index (χ4n) is 2.95. The molecule has 24 heavy (non-hydrogen) atoms. The van der Waals surface area contributed by atoms with Crippen LogP contribution in [0.5, 0.6) is 5.75 Å². The molecule has 0 aliphatic carbocycles. The van der Waals surface area contributed by atoms with Gasteiger partial charge in [-0.3, -0.25) is 4.79 Å². The van der Waals surface area contributed by atoms with Gasteiger partial charge in [-0.2, -0.15) is 0 Å². The third-order valence-corrected chi connectivity index (χ3v) is 4.39. The molecule has 3 rings (SSSR count). The Hall–Kier alpha value is -2.49. The van der Waals surface area contributed by atoms with Gasteiger partial charge in [0, 0.05) is 24.8 Å². The van der Waals surface area contributed by atoms with E-state index in [9.17, 15) is 4.79 Å². The van der Waals surface area contributed by atoms with E-state index in [1.807, 2.05) is 56.4 Å². The van der Waals surface area contributed by atoms with Crippen molar-refractivity contribution in [1.82, 2.24) is 4.90 Å². The number of hydrogen-bond donors (Lipinski definition) is 1. The lowest BCUT2D eigenvalue weighted by atomic mass is 9.97. The van der Waals surface area contributed by atoms with Gasteiger partial charge >= 0.3 is 0 Å². The van der Waals surface area contributed by atoms with E-state index in [2.05, 4.69) is 5.32 Å². The summed E-state index contributed by atoms with van der Waals surface area (Å²) < 4.78 is 5.72. The molecule has 2 aromatic rings. The van der Waals surface area contributed by atoms with Gasteiger partial charge in [0.1, 0.15) is 12.4 Å². The highest BCUT2D eigenvalue weighted by Crippen LogP contribution is 2.26. The molecule has 1 N–H and O–H groups in total. The van der Waals surface area contributed by atoms with E-state index >= 15 is 0 Å². The first-order chi connectivity index (χ1) is 11.6. The number of aryl methyl sites for hydroxylation is 1. The van der Waals surface area contributed by atoms with Crippen LogP contribution in [-0.2, 0) is 6.42 Å². The Balaban J connectivity index is 1.60. The van der Waals surface area contributed by atoms with Gasteiger partial charge in [-0.25, -0.2) is 0 Å². The maximum atomic E-state index is 12.7. The molecule has 2 aromatic carbocycles. The molecule has 4 heteroatoms. The average Bonchev–Trinajstić information content (AvgIpc) is 2.62. The van der Waals surface area contributed by atoms with Gasteiger partial charge in [-0.05, 0) is 49.6 Å². The Kier molecular flexibility index (Phi) is 5.04. The SMILES string of the molecule is Cc1ccc(OCCN(C)C(=O)c2cccc3c2CCCN3)cc1. The zero-order valence-corrected chi connectivity index (χ0v) is 14.3. The van der Waals surface area contributed by atoms with Crippen LogP contribution in [0.4, 0.5) is 5.69 Å². The Bertz CT molecular complexity index is 710. The van der Waals surface area contributed by atoms with Crippen LogP contribution >= 0.6 is 0 Å². The highest BCUT2D eigenvalue weighted by Gasteiger charge is 2.19. The third-order valence-electron chi connectivity index (χ3n) is 4.39. The second-order valence-corrected chi connectivity index (χ2v) is 6.25. The van der Waals surface area contributed by atoms with E-state index in [-0.39, 0.29) is 5.91 Å². The molecule has 0 atom stereocenters. The molecule has 0 saturated carbocycles. The summed E-state index contributed by atoms with van der Waals surface area (Å²) in [5.74, 6) is 0.894. The van der Waals surface area contributed by atoms with Crippen molar-refractivity contribution in [3.8, 4) is 5.75 Å². The molecule has 0 saturated heterocycles. The molecule has 1 aliphatic rings. The Morgan fingerprint density at radius 3 is 2.79 bits per heavy atom. The van der Waals surface area contributed by atoms with Gasteiger partial charge in [0.2, 0.25) is 0 Å². The topological polar surface area (TPSA) is 41.6 Å².